The maximum absolute atomic E-state index is 9.83. The maximum atomic E-state index is 9.83. The van der Waals surface area contributed by atoms with Gasteiger partial charge in [0.25, 0.3) is 0 Å². The van der Waals surface area contributed by atoms with Crippen LogP contribution in [0.25, 0.3) is 0 Å². The van der Waals surface area contributed by atoms with E-state index in [0.29, 0.717) is 0 Å². The molecule has 0 aromatic heterocycles. The van der Waals surface area contributed by atoms with Gasteiger partial charge in [-0.05, 0) is 29.6 Å². The highest BCUT2D eigenvalue weighted by Crippen LogP contribution is 2.66. The van der Waals surface area contributed by atoms with Gasteiger partial charge in [0.1, 0.15) is 0 Å². The van der Waals surface area contributed by atoms with Crippen LogP contribution >= 0.6 is 0 Å². The van der Waals surface area contributed by atoms with E-state index in [9.17, 15) is 5.11 Å². The second kappa shape index (κ2) is 1.42. The summed E-state index contributed by atoms with van der Waals surface area (Å²) in [5.41, 5.74) is 0.489. The van der Waals surface area contributed by atoms with Gasteiger partial charge in [-0.2, -0.15) is 0 Å². The maximum Gasteiger partial charge on any atom is 0.0647 e. The molecule has 3 aliphatic rings. The zero-order valence-corrected chi connectivity index (χ0v) is 7.02. The molecule has 1 N–H and O–H groups in total. The standard InChI is InChI=1S/C9H16O/c1-8(2)6-4-9(3,5-6)7(8)10/h6-7,10H,4-5H2,1-3H3/t6?,7-,9?/m0/s1. The molecule has 0 aromatic rings. The lowest BCUT2D eigenvalue weighted by atomic mass is 9.69. The average molecular weight is 140 g/mol. The van der Waals surface area contributed by atoms with E-state index in [4.69, 9.17) is 0 Å². The first-order chi connectivity index (χ1) is 4.47. The number of rotatable bonds is 0. The second-order valence-corrected chi connectivity index (χ2v) is 4.98. The molecule has 1 nitrogen and oxygen atoms in total. The van der Waals surface area contributed by atoms with Gasteiger partial charge in [0, 0.05) is 0 Å². The molecular formula is C9H16O. The Labute approximate surface area is 62.4 Å². The van der Waals surface area contributed by atoms with E-state index in [1.165, 1.54) is 12.8 Å². The predicted molar refractivity (Wildman–Crippen MR) is 40.6 cm³/mol. The van der Waals surface area contributed by atoms with E-state index in [1.54, 1.807) is 0 Å². The van der Waals surface area contributed by atoms with E-state index in [1.807, 2.05) is 0 Å². The second-order valence-electron chi connectivity index (χ2n) is 4.98. The van der Waals surface area contributed by atoms with Gasteiger partial charge in [0.15, 0.2) is 0 Å². The van der Waals surface area contributed by atoms with Crippen molar-refractivity contribution in [2.75, 3.05) is 0 Å². The minimum atomic E-state index is -0.0509. The third-order valence-electron chi connectivity index (χ3n) is 3.84. The lowest BCUT2D eigenvalue weighted by molar-refractivity contribution is 0.0233. The molecule has 0 saturated heterocycles. The van der Waals surface area contributed by atoms with Gasteiger partial charge in [0.05, 0.1) is 6.10 Å². The molecule has 0 heterocycles. The molecule has 2 bridgehead atoms. The fraction of sp³-hybridized carbons (Fsp3) is 1.00. The largest absolute Gasteiger partial charge is 0.392 e. The first kappa shape index (κ1) is 6.66. The van der Waals surface area contributed by atoms with Crippen molar-refractivity contribution in [3.63, 3.8) is 0 Å². The molecular weight excluding hydrogens is 124 g/mol. The third kappa shape index (κ3) is 0.493. The van der Waals surface area contributed by atoms with Gasteiger partial charge in [0.2, 0.25) is 0 Å². The number of aliphatic hydroxyl groups is 1. The van der Waals surface area contributed by atoms with Gasteiger partial charge in [-0.1, -0.05) is 20.8 Å². The number of fused-ring (bicyclic) bond motifs is 1. The monoisotopic (exact) mass is 140 g/mol. The van der Waals surface area contributed by atoms with E-state index in [2.05, 4.69) is 20.8 Å². The first-order valence-electron chi connectivity index (χ1n) is 4.15. The van der Waals surface area contributed by atoms with Crippen molar-refractivity contribution >= 4 is 0 Å². The molecule has 0 spiro atoms. The van der Waals surface area contributed by atoms with Crippen LogP contribution in [0.5, 0.6) is 0 Å². The minimum absolute atomic E-state index is 0.0509. The fourth-order valence-electron chi connectivity index (χ4n) is 2.94. The summed E-state index contributed by atoms with van der Waals surface area (Å²) in [5, 5.41) is 9.83. The van der Waals surface area contributed by atoms with E-state index in [0.717, 1.165) is 5.92 Å². The van der Waals surface area contributed by atoms with Crippen LogP contribution in [0.2, 0.25) is 0 Å². The molecule has 1 atom stereocenters. The van der Waals surface area contributed by atoms with Crippen molar-refractivity contribution in [3.05, 3.63) is 0 Å². The molecule has 3 saturated carbocycles. The van der Waals surface area contributed by atoms with Crippen molar-refractivity contribution in [2.45, 2.75) is 39.7 Å². The van der Waals surface area contributed by atoms with Crippen LogP contribution in [-0.4, -0.2) is 11.2 Å². The van der Waals surface area contributed by atoms with E-state index >= 15 is 0 Å². The van der Waals surface area contributed by atoms with Gasteiger partial charge in [-0.3, -0.25) is 0 Å². The topological polar surface area (TPSA) is 20.2 Å². The number of hydrogen-bond donors (Lipinski definition) is 1. The molecule has 0 radical (unpaired) electrons. The zero-order valence-electron chi connectivity index (χ0n) is 7.02. The Morgan fingerprint density at radius 3 is 1.80 bits per heavy atom. The van der Waals surface area contributed by atoms with E-state index < -0.39 is 0 Å². The Hall–Kier alpha value is -0.0400. The minimum Gasteiger partial charge on any atom is -0.392 e. The average Bonchev–Trinajstić information content (AvgIpc) is 1.97. The van der Waals surface area contributed by atoms with Crippen LogP contribution in [0.15, 0.2) is 0 Å². The molecule has 0 amide bonds. The van der Waals surface area contributed by atoms with Crippen molar-refractivity contribution in [2.24, 2.45) is 16.7 Å². The van der Waals surface area contributed by atoms with Gasteiger partial charge in [-0.15, -0.1) is 0 Å². The van der Waals surface area contributed by atoms with Crippen LogP contribution in [0.3, 0.4) is 0 Å². The lowest BCUT2D eigenvalue weighted by Crippen LogP contribution is -2.31. The third-order valence-corrected chi connectivity index (χ3v) is 3.84. The van der Waals surface area contributed by atoms with Crippen molar-refractivity contribution < 1.29 is 5.11 Å². The molecule has 0 aliphatic heterocycles. The quantitative estimate of drug-likeness (QED) is 0.544. The molecule has 3 aliphatic carbocycles. The first-order valence-corrected chi connectivity index (χ1v) is 4.15. The van der Waals surface area contributed by atoms with Crippen LogP contribution in [-0.2, 0) is 0 Å². The van der Waals surface area contributed by atoms with Crippen molar-refractivity contribution in [3.8, 4) is 0 Å². The molecule has 10 heavy (non-hydrogen) atoms. The summed E-state index contributed by atoms with van der Waals surface area (Å²) in [6.07, 6.45) is 2.45. The zero-order chi connectivity index (χ0) is 7.57. The van der Waals surface area contributed by atoms with Gasteiger partial charge < -0.3 is 5.11 Å². The fourth-order valence-corrected chi connectivity index (χ4v) is 2.94. The highest BCUT2D eigenvalue weighted by molar-refractivity contribution is 5.13. The van der Waals surface area contributed by atoms with E-state index in [-0.39, 0.29) is 16.9 Å². The Kier molecular flexibility index (Phi) is 0.949. The molecule has 0 aromatic carbocycles. The van der Waals surface area contributed by atoms with Crippen LogP contribution in [0.1, 0.15) is 33.6 Å². The Balaban J connectivity index is 2.32. The summed E-state index contributed by atoms with van der Waals surface area (Å²) >= 11 is 0. The molecule has 3 fully saturated rings. The summed E-state index contributed by atoms with van der Waals surface area (Å²) in [5.74, 6) is 0.799. The number of hydrogen-bond acceptors (Lipinski definition) is 1. The summed E-state index contributed by atoms with van der Waals surface area (Å²) in [7, 11) is 0. The summed E-state index contributed by atoms with van der Waals surface area (Å²) < 4.78 is 0. The molecule has 0 unspecified atom stereocenters. The normalized spacial score (nSPS) is 56.4. The van der Waals surface area contributed by atoms with Crippen LogP contribution in [0.4, 0.5) is 0 Å². The summed E-state index contributed by atoms with van der Waals surface area (Å²) in [6, 6.07) is 0. The Bertz CT molecular complexity index is 166. The predicted octanol–water partition coefficient (Wildman–Crippen LogP) is 1.80. The molecule has 3 rings (SSSR count). The van der Waals surface area contributed by atoms with Crippen LogP contribution < -0.4 is 0 Å². The Morgan fingerprint density at radius 2 is 1.70 bits per heavy atom. The van der Waals surface area contributed by atoms with Crippen molar-refractivity contribution in [1.82, 2.24) is 0 Å². The smallest absolute Gasteiger partial charge is 0.0647 e. The molecule has 1 heteroatoms. The summed E-state index contributed by atoms with van der Waals surface area (Å²) in [4.78, 5) is 0. The molecule has 58 valence electrons. The van der Waals surface area contributed by atoms with Gasteiger partial charge >= 0.3 is 0 Å². The number of aliphatic hydroxyl groups excluding tert-OH is 1. The summed E-state index contributed by atoms with van der Waals surface area (Å²) in [6.45, 7) is 6.60. The SMILES string of the molecule is CC12CC(C1)C(C)(C)[C@@H]2O. The van der Waals surface area contributed by atoms with Crippen LogP contribution in [0, 0.1) is 16.7 Å². The van der Waals surface area contributed by atoms with Crippen molar-refractivity contribution in [1.29, 1.82) is 0 Å². The highest BCUT2D eigenvalue weighted by atomic mass is 16.3. The Morgan fingerprint density at radius 1 is 1.20 bits per heavy atom. The highest BCUT2D eigenvalue weighted by Gasteiger charge is 2.63. The lowest BCUT2D eigenvalue weighted by Gasteiger charge is -2.36. The van der Waals surface area contributed by atoms with Gasteiger partial charge in [-0.25, -0.2) is 0 Å².